The van der Waals surface area contributed by atoms with E-state index >= 15 is 0 Å². The molecule has 0 saturated heterocycles. The maximum Gasteiger partial charge on any atom is 0.255 e. The molecule has 2 rings (SSSR count). The summed E-state index contributed by atoms with van der Waals surface area (Å²) in [6.07, 6.45) is 0. The van der Waals surface area contributed by atoms with Gasteiger partial charge in [0.2, 0.25) is 5.91 Å². The summed E-state index contributed by atoms with van der Waals surface area (Å²) in [4.78, 5) is 23.9. The van der Waals surface area contributed by atoms with Crippen LogP contribution >= 0.6 is 27.5 Å². The van der Waals surface area contributed by atoms with Crippen molar-refractivity contribution in [2.45, 2.75) is 13.8 Å². The summed E-state index contributed by atoms with van der Waals surface area (Å²) in [6.45, 7) is 3.64. The van der Waals surface area contributed by atoms with Gasteiger partial charge in [-0.2, -0.15) is 0 Å². The smallest absolute Gasteiger partial charge is 0.255 e. The molecule has 0 aliphatic carbocycles. The summed E-state index contributed by atoms with van der Waals surface area (Å²) in [7, 11) is 0. The van der Waals surface area contributed by atoms with E-state index < -0.39 is 0 Å². The van der Waals surface area contributed by atoms with Crippen molar-refractivity contribution in [3.63, 3.8) is 0 Å². The Bertz CT molecular complexity index is 730. The van der Waals surface area contributed by atoms with Crippen LogP contribution in [0.2, 0.25) is 5.02 Å². The number of anilines is 2. The zero-order chi connectivity index (χ0) is 17.0. The van der Waals surface area contributed by atoms with Gasteiger partial charge in [0.25, 0.3) is 5.91 Å². The van der Waals surface area contributed by atoms with Crippen LogP contribution in [0.5, 0.6) is 0 Å². The molecule has 0 spiro atoms. The van der Waals surface area contributed by atoms with E-state index in [1.54, 1.807) is 42.5 Å². The van der Waals surface area contributed by atoms with Crippen molar-refractivity contribution in [3.05, 3.63) is 57.5 Å². The topological polar surface area (TPSA) is 58.2 Å². The lowest BCUT2D eigenvalue weighted by molar-refractivity contribution is -0.118. The standard InChI is InChI=1S/C17H16BrClN2O2/c1-10(2)16(22)20-13-6-3-11(4-7-13)17(23)21-15-8-5-12(18)9-14(15)19/h3-10H,1-2H3,(H,20,22)(H,21,23). The van der Waals surface area contributed by atoms with E-state index in [1.807, 2.05) is 13.8 Å². The van der Waals surface area contributed by atoms with Crippen LogP contribution in [0.3, 0.4) is 0 Å². The van der Waals surface area contributed by atoms with Gasteiger partial charge in [-0.05, 0) is 42.5 Å². The van der Waals surface area contributed by atoms with E-state index in [1.165, 1.54) is 0 Å². The van der Waals surface area contributed by atoms with Gasteiger partial charge in [-0.1, -0.05) is 41.4 Å². The molecule has 2 aromatic carbocycles. The van der Waals surface area contributed by atoms with Crippen molar-refractivity contribution in [3.8, 4) is 0 Å². The molecule has 0 radical (unpaired) electrons. The number of hydrogen-bond donors (Lipinski definition) is 2. The largest absolute Gasteiger partial charge is 0.326 e. The molecule has 0 aliphatic rings. The van der Waals surface area contributed by atoms with Crippen molar-refractivity contribution in [1.29, 1.82) is 0 Å². The Kier molecular flexibility index (Phi) is 5.80. The zero-order valence-corrected chi connectivity index (χ0v) is 15.0. The van der Waals surface area contributed by atoms with Crippen molar-refractivity contribution in [2.75, 3.05) is 10.6 Å². The molecule has 23 heavy (non-hydrogen) atoms. The minimum absolute atomic E-state index is 0.0659. The van der Waals surface area contributed by atoms with Crippen LogP contribution < -0.4 is 10.6 Å². The quantitative estimate of drug-likeness (QED) is 0.769. The summed E-state index contributed by atoms with van der Waals surface area (Å²) in [5, 5.41) is 5.98. The van der Waals surface area contributed by atoms with Gasteiger partial charge in [-0.3, -0.25) is 9.59 Å². The van der Waals surface area contributed by atoms with E-state index in [2.05, 4.69) is 26.6 Å². The van der Waals surface area contributed by atoms with Crippen LogP contribution in [0.25, 0.3) is 0 Å². The summed E-state index contributed by atoms with van der Waals surface area (Å²) in [6, 6.07) is 11.9. The number of nitrogens with one attached hydrogen (secondary N) is 2. The second-order valence-corrected chi connectivity index (χ2v) is 6.62. The van der Waals surface area contributed by atoms with Crippen LogP contribution in [-0.4, -0.2) is 11.8 Å². The van der Waals surface area contributed by atoms with Gasteiger partial charge in [0, 0.05) is 21.6 Å². The fourth-order valence-electron chi connectivity index (χ4n) is 1.78. The Morgan fingerprint density at radius 3 is 2.26 bits per heavy atom. The van der Waals surface area contributed by atoms with Gasteiger partial charge in [0.15, 0.2) is 0 Å². The van der Waals surface area contributed by atoms with Crippen molar-refractivity contribution < 1.29 is 9.59 Å². The first-order valence-corrected chi connectivity index (χ1v) is 8.21. The van der Waals surface area contributed by atoms with Crippen molar-refractivity contribution >= 4 is 50.7 Å². The molecule has 0 aliphatic heterocycles. The van der Waals surface area contributed by atoms with Crippen molar-refractivity contribution in [1.82, 2.24) is 0 Å². The highest BCUT2D eigenvalue weighted by Gasteiger charge is 2.10. The molecule has 0 atom stereocenters. The number of halogens is 2. The second-order valence-electron chi connectivity index (χ2n) is 5.30. The Balaban J connectivity index is 2.07. The average molecular weight is 396 g/mol. The SMILES string of the molecule is CC(C)C(=O)Nc1ccc(C(=O)Nc2ccc(Br)cc2Cl)cc1. The third-order valence-electron chi connectivity index (χ3n) is 3.12. The third-order valence-corrected chi connectivity index (χ3v) is 3.92. The van der Waals surface area contributed by atoms with E-state index in [0.717, 1.165) is 4.47 Å². The molecule has 2 N–H and O–H groups in total. The first kappa shape index (κ1) is 17.5. The monoisotopic (exact) mass is 394 g/mol. The molecule has 0 aromatic heterocycles. The number of carbonyl (C=O) groups excluding carboxylic acids is 2. The lowest BCUT2D eigenvalue weighted by atomic mass is 10.1. The fraction of sp³-hybridized carbons (Fsp3) is 0.176. The first-order chi connectivity index (χ1) is 10.9. The van der Waals surface area contributed by atoms with Gasteiger partial charge in [0.1, 0.15) is 0 Å². The minimum Gasteiger partial charge on any atom is -0.326 e. The minimum atomic E-state index is -0.268. The molecular formula is C17H16BrClN2O2. The molecule has 0 heterocycles. The fourth-order valence-corrected chi connectivity index (χ4v) is 2.50. The highest BCUT2D eigenvalue weighted by Crippen LogP contribution is 2.26. The predicted molar refractivity (Wildman–Crippen MR) is 97.0 cm³/mol. The predicted octanol–water partition coefficient (Wildman–Crippen LogP) is 4.95. The first-order valence-electron chi connectivity index (χ1n) is 7.04. The number of benzene rings is 2. The van der Waals surface area contributed by atoms with Gasteiger partial charge >= 0.3 is 0 Å². The second kappa shape index (κ2) is 7.62. The van der Waals surface area contributed by atoms with E-state index in [4.69, 9.17) is 11.6 Å². The Morgan fingerprint density at radius 2 is 1.70 bits per heavy atom. The van der Waals surface area contributed by atoms with Crippen LogP contribution in [0.4, 0.5) is 11.4 Å². The number of amides is 2. The summed E-state index contributed by atoms with van der Waals surface area (Å²) < 4.78 is 0.839. The normalized spacial score (nSPS) is 10.5. The lowest BCUT2D eigenvalue weighted by Crippen LogP contribution is -2.18. The summed E-state index contributed by atoms with van der Waals surface area (Å²) in [5.74, 6) is -0.433. The maximum atomic E-state index is 12.2. The molecule has 120 valence electrons. The Morgan fingerprint density at radius 1 is 1.04 bits per heavy atom. The van der Waals surface area contributed by atoms with Gasteiger partial charge in [0.05, 0.1) is 10.7 Å². The molecular weight excluding hydrogens is 380 g/mol. The average Bonchev–Trinajstić information content (AvgIpc) is 2.50. The summed E-state index contributed by atoms with van der Waals surface area (Å²) in [5.41, 5.74) is 1.67. The Hall–Kier alpha value is -1.85. The number of rotatable bonds is 4. The van der Waals surface area contributed by atoms with Crippen LogP contribution in [0.15, 0.2) is 46.9 Å². The van der Waals surface area contributed by atoms with Gasteiger partial charge in [-0.25, -0.2) is 0 Å². The number of hydrogen-bond acceptors (Lipinski definition) is 2. The molecule has 0 unspecified atom stereocenters. The molecule has 2 amide bonds. The van der Waals surface area contributed by atoms with E-state index in [-0.39, 0.29) is 17.7 Å². The molecule has 2 aromatic rings. The molecule has 0 fully saturated rings. The van der Waals surface area contributed by atoms with E-state index in [0.29, 0.717) is 22.0 Å². The third kappa shape index (κ3) is 4.81. The molecule has 4 nitrogen and oxygen atoms in total. The van der Waals surface area contributed by atoms with Gasteiger partial charge < -0.3 is 10.6 Å². The van der Waals surface area contributed by atoms with Crippen molar-refractivity contribution in [2.24, 2.45) is 5.92 Å². The maximum absolute atomic E-state index is 12.2. The molecule has 6 heteroatoms. The molecule has 0 saturated carbocycles. The molecule has 0 bridgehead atoms. The van der Waals surface area contributed by atoms with E-state index in [9.17, 15) is 9.59 Å². The van der Waals surface area contributed by atoms with Gasteiger partial charge in [-0.15, -0.1) is 0 Å². The Labute approximate surface area is 148 Å². The zero-order valence-electron chi connectivity index (χ0n) is 12.7. The highest BCUT2D eigenvalue weighted by atomic mass is 79.9. The van der Waals surface area contributed by atoms with Crippen LogP contribution in [0.1, 0.15) is 24.2 Å². The number of carbonyl (C=O) groups is 2. The van der Waals surface area contributed by atoms with Crippen LogP contribution in [-0.2, 0) is 4.79 Å². The lowest BCUT2D eigenvalue weighted by Gasteiger charge is -2.10. The summed E-state index contributed by atoms with van der Waals surface area (Å²) >= 11 is 9.39. The highest BCUT2D eigenvalue weighted by molar-refractivity contribution is 9.10. The van der Waals surface area contributed by atoms with Crippen LogP contribution in [0, 0.1) is 5.92 Å².